The Hall–Kier alpha value is -2.05. The fraction of sp³-hybridized carbons (Fsp3) is 0.312. The van der Waals surface area contributed by atoms with Crippen molar-refractivity contribution in [1.82, 2.24) is 5.16 Å². The molecule has 8 heteroatoms. The molecular formula is C16H16Cl2N2O4. The summed E-state index contributed by atoms with van der Waals surface area (Å²) in [7, 11) is 0. The molecule has 0 spiro atoms. The molecule has 0 bridgehead atoms. The van der Waals surface area contributed by atoms with Crippen molar-refractivity contribution >= 4 is 40.9 Å². The number of anilines is 1. The number of nitrogens with one attached hydrogen (secondary N) is 1. The van der Waals surface area contributed by atoms with Crippen molar-refractivity contribution < 1.29 is 18.8 Å². The van der Waals surface area contributed by atoms with Crippen LogP contribution in [0.1, 0.15) is 24.7 Å². The number of nitrogens with zero attached hydrogens (tertiary/aromatic N) is 1. The summed E-state index contributed by atoms with van der Waals surface area (Å²) in [6.07, 6.45) is -0.758. The van der Waals surface area contributed by atoms with Gasteiger partial charge in [0.1, 0.15) is 5.76 Å². The molecular weight excluding hydrogens is 355 g/mol. The molecule has 2 aromatic rings. The second kappa shape index (κ2) is 8.17. The molecule has 6 nitrogen and oxygen atoms in total. The first-order valence-electron chi connectivity index (χ1n) is 7.27. The van der Waals surface area contributed by atoms with Gasteiger partial charge in [0.25, 0.3) is 5.91 Å². The van der Waals surface area contributed by atoms with Crippen molar-refractivity contribution in [2.45, 2.75) is 32.8 Å². The van der Waals surface area contributed by atoms with Crippen LogP contribution in [0.15, 0.2) is 28.8 Å². The second-order valence-electron chi connectivity index (χ2n) is 5.08. The predicted molar refractivity (Wildman–Crippen MR) is 90.2 cm³/mol. The summed E-state index contributed by atoms with van der Waals surface area (Å²) >= 11 is 12.1. The van der Waals surface area contributed by atoms with E-state index < -0.39 is 18.0 Å². The van der Waals surface area contributed by atoms with Gasteiger partial charge >= 0.3 is 5.97 Å². The number of halogens is 2. The number of hydrogen-bond donors (Lipinski definition) is 1. The highest BCUT2D eigenvalue weighted by Crippen LogP contribution is 2.25. The average Bonchev–Trinajstić information content (AvgIpc) is 2.93. The molecule has 0 saturated carbocycles. The van der Waals surface area contributed by atoms with E-state index in [1.165, 1.54) is 0 Å². The molecule has 0 radical (unpaired) electrons. The SMILES string of the molecule is CCC(OC(=O)Cc1c(Cl)cccc1Cl)C(=O)Nc1cc(C)on1. The minimum atomic E-state index is -0.948. The fourth-order valence-electron chi connectivity index (χ4n) is 2.00. The minimum absolute atomic E-state index is 0.120. The molecule has 1 heterocycles. The second-order valence-corrected chi connectivity index (χ2v) is 5.89. The van der Waals surface area contributed by atoms with Crippen LogP contribution in [0.3, 0.4) is 0 Å². The summed E-state index contributed by atoms with van der Waals surface area (Å²) in [5.41, 5.74) is 0.466. The van der Waals surface area contributed by atoms with Crippen molar-refractivity contribution in [3.8, 4) is 0 Å². The molecule has 1 N–H and O–H groups in total. The van der Waals surface area contributed by atoms with Gasteiger partial charge in [0, 0.05) is 21.7 Å². The number of carbonyl (C=O) groups is 2. The van der Waals surface area contributed by atoms with E-state index in [-0.39, 0.29) is 12.2 Å². The van der Waals surface area contributed by atoms with Gasteiger partial charge in [0.2, 0.25) is 0 Å². The van der Waals surface area contributed by atoms with E-state index in [1.807, 2.05) is 0 Å². The zero-order valence-electron chi connectivity index (χ0n) is 13.1. The van der Waals surface area contributed by atoms with Crippen LogP contribution in [-0.2, 0) is 20.7 Å². The van der Waals surface area contributed by atoms with E-state index in [0.717, 1.165) is 0 Å². The van der Waals surface area contributed by atoms with Gasteiger partial charge in [-0.3, -0.25) is 9.59 Å². The van der Waals surface area contributed by atoms with Crippen LogP contribution in [0, 0.1) is 6.92 Å². The molecule has 0 aliphatic carbocycles. The van der Waals surface area contributed by atoms with Gasteiger partial charge in [-0.05, 0) is 25.5 Å². The number of hydrogen-bond acceptors (Lipinski definition) is 5. The summed E-state index contributed by atoms with van der Waals surface area (Å²) in [6, 6.07) is 6.51. The number of carbonyl (C=O) groups excluding carboxylic acids is 2. The molecule has 1 atom stereocenters. The third kappa shape index (κ3) is 4.72. The zero-order chi connectivity index (χ0) is 17.7. The minimum Gasteiger partial charge on any atom is -0.452 e. The third-order valence-electron chi connectivity index (χ3n) is 3.20. The lowest BCUT2D eigenvalue weighted by atomic mass is 10.1. The van der Waals surface area contributed by atoms with Crippen LogP contribution in [0.2, 0.25) is 10.0 Å². The third-order valence-corrected chi connectivity index (χ3v) is 3.91. The van der Waals surface area contributed by atoms with Crippen LogP contribution in [0.4, 0.5) is 5.82 Å². The van der Waals surface area contributed by atoms with Gasteiger partial charge in [0.05, 0.1) is 6.42 Å². The van der Waals surface area contributed by atoms with Gasteiger partial charge in [-0.1, -0.05) is 41.3 Å². The Morgan fingerprint density at radius 3 is 2.54 bits per heavy atom. The smallest absolute Gasteiger partial charge is 0.311 e. The van der Waals surface area contributed by atoms with Gasteiger partial charge in [-0.15, -0.1) is 0 Å². The molecule has 0 fully saturated rings. The van der Waals surface area contributed by atoms with Crippen molar-refractivity contribution in [2.75, 3.05) is 5.32 Å². The largest absolute Gasteiger partial charge is 0.452 e. The van der Waals surface area contributed by atoms with E-state index in [9.17, 15) is 9.59 Å². The monoisotopic (exact) mass is 370 g/mol. The summed E-state index contributed by atoms with van der Waals surface area (Å²) in [6.45, 7) is 3.43. The Balaban J connectivity index is 1.98. The number of aromatic nitrogens is 1. The number of benzene rings is 1. The summed E-state index contributed by atoms with van der Waals surface area (Å²) in [5, 5.41) is 6.93. The number of esters is 1. The molecule has 2 rings (SSSR count). The zero-order valence-corrected chi connectivity index (χ0v) is 14.6. The molecule has 1 aromatic heterocycles. The predicted octanol–water partition coefficient (Wildman–Crippen LogP) is 3.79. The van der Waals surface area contributed by atoms with E-state index in [0.29, 0.717) is 27.8 Å². The highest BCUT2D eigenvalue weighted by molar-refractivity contribution is 6.36. The molecule has 1 amide bonds. The number of amides is 1. The number of rotatable bonds is 6. The van der Waals surface area contributed by atoms with Crippen molar-refractivity contribution in [1.29, 1.82) is 0 Å². The number of ether oxygens (including phenoxy) is 1. The van der Waals surface area contributed by atoms with Crippen molar-refractivity contribution in [2.24, 2.45) is 0 Å². The van der Waals surface area contributed by atoms with Crippen molar-refractivity contribution in [3.63, 3.8) is 0 Å². The first kappa shape index (κ1) is 18.3. The molecule has 24 heavy (non-hydrogen) atoms. The van der Waals surface area contributed by atoms with Crippen LogP contribution in [0.25, 0.3) is 0 Å². The lowest BCUT2D eigenvalue weighted by Gasteiger charge is -2.15. The first-order chi connectivity index (χ1) is 11.4. The first-order valence-corrected chi connectivity index (χ1v) is 8.02. The molecule has 128 valence electrons. The topological polar surface area (TPSA) is 81.4 Å². The standard InChI is InChI=1S/C16H16Cl2N2O4/c1-3-13(16(22)19-14-7-9(2)24-20-14)23-15(21)8-10-11(17)5-4-6-12(10)18/h4-7,13H,3,8H2,1-2H3,(H,19,20,22). The van der Waals surface area contributed by atoms with E-state index in [2.05, 4.69) is 10.5 Å². The quantitative estimate of drug-likeness (QED) is 0.782. The van der Waals surface area contributed by atoms with Crippen LogP contribution in [-0.4, -0.2) is 23.1 Å². The lowest BCUT2D eigenvalue weighted by Crippen LogP contribution is -2.32. The number of aryl methyl sites for hydroxylation is 1. The van der Waals surface area contributed by atoms with E-state index >= 15 is 0 Å². The molecule has 0 aliphatic rings. The maximum absolute atomic E-state index is 12.2. The summed E-state index contributed by atoms with van der Waals surface area (Å²) in [4.78, 5) is 24.2. The van der Waals surface area contributed by atoms with Crippen molar-refractivity contribution in [3.05, 3.63) is 45.6 Å². The van der Waals surface area contributed by atoms with Crippen LogP contribution >= 0.6 is 23.2 Å². The summed E-state index contributed by atoms with van der Waals surface area (Å²) in [5.74, 6) is -0.252. The maximum atomic E-state index is 12.2. The molecule has 1 aromatic carbocycles. The Labute approximate surface area is 149 Å². The fourth-order valence-corrected chi connectivity index (χ4v) is 2.53. The lowest BCUT2D eigenvalue weighted by molar-refractivity contribution is -0.153. The molecule has 1 unspecified atom stereocenters. The highest BCUT2D eigenvalue weighted by atomic mass is 35.5. The van der Waals surface area contributed by atoms with E-state index in [1.54, 1.807) is 38.1 Å². The molecule has 0 aliphatic heterocycles. The Bertz CT molecular complexity index is 725. The van der Waals surface area contributed by atoms with Gasteiger partial charge < -0.3 is 14.6 Å². The van der Waals surface area contributed by atoms with Gasteiger partial charge in [0.15, 0.2) is 11.9 Å². The maximum Gasteiger partial charge on any atom is 0.311 e. The normalized spacial score (nSPS) is 11.8. The highest BCUT2D eigenvalue weighted by Gasteiger charge is 2.23. The Kier molecular flexibility index (Phi) is 6.23. The Morgan fingerprint density at radius 2 is 2.00 bits per heavy atom. The molecule has 0 saturated heterocycles. The van der Waals surface area contributed by atoms with Gasteiger partial charge in [-0.2, -0.15) is 0 Å². The van der Waals surface area contributed by atoms with Crippen LogP contribution < -0.4 is 5.32 Å². The van der Waals surface area contributed by atoms with Crippen LogP contribution in [0.5, 0.6) is 0 Å². The summed E-state index contributed by atoms with van der Waals surface area (Å²) < 4.78 is 10.1. The van der Waals surface area contributed by atoms with Gasteiger partial charge in [-0.25, -0.2) is 0 Å². The Morgan fingerprint density at radius 1 is 1.33 bits per heavy atom. The average molecular weight is 371 g/mol. The van der Waals surface area contributed by atoms with E-state index in [4.69, 9.17) is 32.5 Å².